The van der Waals surface area contributed by atoms with Crippen LogP contribution in [-0.2, 0) is 6.54 Å². The maximum atomic E-state index is 12.7. The molecule has 0 spiro atoms. The van der Waals surface area contributed by atoms with Crippen molar-refractivity contribution in [1.82, 2.24) is 14.9 Å². The predicted octanol–water partition coefficient (Wildman–Crippen LogP) is 3.94. The minimum Gasteiger partial charge on any atom is -0.477 e. The van der Waals surface area contributed by atoms with Crippen molar-refractivity contribution in [3.8, 4) is 15.8 Å². The van der Waals surface area contributed by atoms with Crippen LogP contribution in [0.1, 0.15) is 23.0 Å². The first kappa shape index (κ1) is 16.6. The molecule has 3 aromatic heterocycles. The van der Waals surface area contributed by atoms with E-state index in [2.05, 4.69) is 9.97 Å². The molecule has 0 atom stereocenters. The van der Waals surface area contributed by atoms with E-state index in [0.29, 0.717) is 24.6 Å². The fourth-order valence-electron chi connectivity index (χ4n) is 2.22. The first-order chi connectivity index (χ1) is 11.7. The van der Waals surface area contributed by atoms with Crippen molar-refractivity contribution in [3.63, 3.8) is 0 Å². The summed E-state index contributed by atoms with van der Waals surface area (Å²) in [6.45, 7) is 2.78. The minimum atomic E-state index is -0.128. The van der Waals surface area contributed by atoms with Gasteiger partial charge in [-0.15, -0.1) is 22.7 Å². The van der Waals surface area contributed by atoms with E-state index < -0.39 is 0 Å². The van der Waals surface area contributed by atoms with Crippen LogP contribution in [0.5, 0.6) is 5.88 Å². The Morgan fingerprint density at radius 3 is 2.92 bits per heavy atom. The van der Waals surface area contributed by atoms with Crippen LogP contribution in [0.15, 0.2) is 41.2 Å². The van der Waals surface area contributed by atoms with Crippen LogP contribution in [0.2, 0.25) is 0 Å². The number of hydrogen-bond acceptors (Lipinski definition) is 6. The van der Waals surface area contributed by atoms with Crippen LogP contribution in [-0.4, -0.2) is 34.4 Å². The van der Waals surface area contributed by atoms with Gasteiger partial charge in [0.05, 0.1) is 23.7 Å². The van der Waals surface area contributed by atoms with E-state index in [-0.39, 0.29) is 5.91 Å². The first-order valence-corrected chi connectivity index (χ1v) is 9.26. The van der Waals surface area contributed by atoms with Crippen molar-refractivity contribution >= 4 is 28.6 Å². The zero-order chi connectivity index (χ0) is 16.9. The molecule has 7 heteroatoms. The number of carbonyl (C=O) groups excluding carboxylic acids is 1. The highest BCUT2D eigenvalue weighted by Gasteiger charge is 2.18. The maximum absolute atomic E-state index is 12.7. The molecule has 0 aromatic carbocycles. The number of thiazole rings is 1. The Morgan fingerprint density at radius 1 is 1.29 bits per heavy atom. The van der Waals surface area contributed by atoms with Gasteiger partial charge in [-0.3, -0.25) is 4.79 Å². The molecule has 0 saturated carbocycles. The monoisotopic (exact) mass is 359 g/mol. The number of nitrogens with zero attached hydrogens (tertiary/aromatic N) is 3. The smallest absolute Gasteiger partial charge is 0.259 e. The molecule has 0 unspecified atom stereocenters. The largest absolute Gasteiger partial charge is 0.477 e. The Labute approximate surface area is 148 Å². The molecule has 0 aliphatic heterocycles. The van der Waals surface area contributed by atoms with Crippen LogP contribution in [0.3, 0.4) is 0 Å². The Balaban J connectivity index is 1.73. The Kier molecular flexibility index (Phi) is 5.22. The molecule has 0 N–H and O–H groups in total. The van der Waals surface area contributed by atoms with Gasteiger partial charge < -0.3 is 9.64 Å². The zero-order valence-electron chi connectivity index (χ0n) is 13.4. The fraction of sp³-hybridized carbons (Fsp3) is 0.235. The molecular formula is C17H17N3O2S2. The van der Waals surface area contributed by atoms with Gasteiger partial charge in [-0.05, 0) is 30.5 Å². The number of ether oxygens (including phenoxy) is 1. The van der Waals surface area contributed by atoms with Gasteiger partial charge in [-0.1, -0.05) is 6.07 Å². The number of carbonyl (C=O) groups is 1. The number of hydrogen-bond donors (Lipinski definition) is 0. The lowest BCUT2D eigenvalue weighted by Gasteiger charge is -2.17. The summed E-state index contributed by atoms with van der Waals surface area (Å²) >= 11 is 3.25. The average Bonchev–Trinajstić information content (AvgIpc) is 3.26. The normalized spacial score (nSPS) is 10.6. The number of thiophene rings is 1. The zero-order valence-corrected chi connectivity index (χ0v) is 15.1. The third-order valence-corrected chi connectivity index (χ3v) is 5.24. The first-order valence-electron chi connectivity index (χ1n) is 7.50. The summed E-state index contributed by atoms with van der Waals surface area (Å²) in [7, 11) is 1.76. The number of rotatable bonds is 6. The molecule has 0 saturated heterocycles. The molecule has 3 aromatic rings. The van der Waals surface area contributed by atoms with Gasteiger partial charge in [-0.2, -0.15) is 0 Å². The highest BCUT2D eigenvalue weighted by Crippen LogP contribution is 2.28. The van der Waals surface area contributed by atoms with Crippen molar-refractivity contribution in [3.05, 3.63) is 52.5 Å². The molecule has 124 valence electrons. The summed E-state index contributed by atoms with van der Waals surface area (Å²) < 4.78 is 5.44. The fourth-order valence-corrected chi connectivity index (χ4v) is 3.84. The summed E-state index contributed by atoms with van der Waals surface area (Å²) in [5.74, 6) is 0.242. The van der Waals surface area contributed by atoms with Crippen LogP contribution in [0.25, 0.3) is 9.88 Å². The lowest BCUT2D eigenvalue weighted by atomic mass is 10.2. The van der Waals surface area contributed by atoms with E-state index in [0.717, 1.165) is 15.6 Å². The van der Waals surface area contributed by atoms with Crippen molar-refractivity contribution in [2.45, 2.75) is 13.5 Å². The SMILES string of the molecule is CCOc1ncccc1C(=O)N(C)Cc1csc(-c2cccs2)n1. The standard InChI is InChI=1S/C17H17N3O2S2/c1-3-22-15-13(6-4-8-18-15)17(21)20(2)10-12-11-24-16(19-12)14-7-5-9-23-14/h4-9,11H,3,10H2,1-2H3. The molecule has 0 aliphatic rings. The molecule has 0 aliphatic carbocycles. The summed E-state index contributed by atoms with van der Waals surface area (Å²) in [6, 6.07) is 7.52. The summed E-state index contributed by atoms with van der Waals surface area (Å²) in [4.78, 5) is 24.2. The Hall–Kier alpha value is -2.25. The Morgan fingerprint density at radius 2 is 2.17 bits per heavy atom. The van der Waals surface area contributed by atoms with E-state index in [1.54, 1.807) is 53.0 Å². The molecule has 0 radical (unpaired) electrons. The van der Waals surface area contributed by atoms with E-state index >= 15 is 0 Å². The molecule has 3 heterocycles. The van der Waals surface area contributed by atoms with Crippen molar-refractivity contribution < 1.29 is 9.53 Å². The number of amides is 1. The van der Waals surface area contributed by atoms with Crippen molar-refractivity contribution in [2.24, 2.45) is 0 Å². The summed E-state index contributed by atoms with van der Waals surface area (Å²) in [6.07, 6.45) is 1.62. The lowest BCUT2D eigenvalue weighted by molar-refractivity contribution is 0.0778. The van der Waals surface area contributed by atoms with Gasteiger partial charge in [0.1, 0.15) is 10.6 Å². The topological polar surface area (TPSA) is 55.3 Å². The molecule has 24 heavy (non-hydrogen) atoms. The second kappa shape index (κ2) is 7.55. The van der Waals surface area contributed by atoms with Gasteiger partial charge in [0, 0.05) is 18.6 Å². The third kappa shape index (κ3) is 3.63. The predicted molar refractivity (Wildman–Crippen MR) is 96.6 cm³/mol. The van der Waals surface area contributed by atoms with E-state index in [1.165, 1.54) is 0 Å². The number of aromatic nitrogens is 2. The van der Waals surface area contributed by atoms with Crippen LogP contribution in [0.4, 0.5) is 0 Å². The van der Waals surface area contributed by atoms with E-state index in [1.807, 2.05) is 29.8 Å². The highest BCUT2D eigenvalue weighted by molar-refractivity contribution is 7.20. The lowest BCUT2D eigenvalue weighted by Crippen LogP contribution is -2.27. The molecule has 3 rings (SSSR count). The summed E-state index contributed by atoms with van der Waals surface area (Å²) in [5.41, 5.74) is 1.34. The summed E-state index contributed by atoms with van der Waals surface area (Å²) in [5, 5.41) is 5.01. The third-order valence-electron chi connectivity index (χ3n) is 3.31. The van der Waals surface area contributed by atoms with Gasteiger partial charge >= 0.3 is 0 Å². The van der Waals surface area contributed by atoms with Crippen LogP contribution >= 0.6 is 22.7 Å². The second-order valence-electron chi connectivity index (χ2n) is 5.07. The van der Waals surface area contributed by atoms with Crippen LogP contribution < -0.4 is 4.74 Å². The average molecular weight is 359 g/mol. The Bertz CT molecular complexity index is 815. The molecule has 0 bridgehead atoms. The highest BCUT2D eigenvalue weighted by atomic mass is 32.1. The molecule has 0 fully saturated rings. The van der Waals surface area contributed by atoms with E-state index in [9.17, 15) is 4.79 Å². The van der Waals surface area contributed by atoms with Crippen LogP contribution in [0, 0.1) is 0 Å². The van der Waals surface area contributed by atoms with Crippen molar-refractivity contribution in [1.29, 1.82) is 0 Å². The van der Waals surface area contributed by atoms with Gasteiger partial charge in [0.15, 0.2) is 0 Å². The number of pyridine rings is 1. The quantitative estimate of drug-likeness (QED) is 0.669. The minimum absolute atomic E-state index is 0.128. The molecule has 5 nitrogen and oxygen atoms in total. The van der Waals surface area contributed by atoms with Crippen molar-refractivity contribution in [2.75, 3.05) is 13.7 Å². The van der Waals surface area contributed by atoms with Gasteiger partial charge in [0.2, 0.25) is 5.88 Å². The van der Waals surface area contributed by atoms with Gasteiger partial charge in [-0.25, -0.2) is 9.97 Å². The van der Waals surface area contributed by atoms with Gasteiger partial charge in [0.25, 0.3) is 5.91 Å². The second-order valence-corrected chi connectivity index (χ2v) is 6.88. The molecule has 1 amide bonds. The maximum Gasteiger partial charge on any atom is 0.259 e. The molecular weight excluding hydrogens is 342 g/mol. The van der Waals surface area contributed by atoms with E-state index in [4.69, 9.17) is 4.74 Å².